The normalized spacial score (nSPS) is 18.6. The van der Waals surface area contributed by atoms with Gasteiger partial charge in [0.25, 0.3) is 0 Å². The van der Waals surface area contributed by atoms with Crippen LogP contribution in [0.15, 0.2) is 73.5 Å². The molecule has 5 nitrogen and oxygen atoms in total. The molecule has 0 saturated carbocycles. The molecule has 2 heterocycles. The summed E-state index contributed by atoms with van der Waals surface area (Å²) in [5.41, 5.74) is 5.36. The lowest BCUT2D eigenvalue weighted by Crippen LogP contribution is -2.54. The number of benzene rings is 2. The lowest BCUT2D eigenvalue weighted by molar-refractivity contribution is 0.0976. The molecule has 2 atom stereocenters. The molecule has 0 amide bonds. The van der Waals surface area contributed by atoms with E-state index in [1.54, 1.807) is 0 Å². The summed E-state index contributed by atoms with van der Waals surface area (Å²) in [6.45, 7) is 13.4. The SMILES string of the molecule is C=CC(=C)N1CC(c2ccc(-n3nnc4ccccc43)cc2)C1CCNCCC. The third-order valence-corrected chi connectivity index (χ3v) is 5.82. The minimum Gasteiger partial charge on any atom is -0.368 e. The number of likely N-dealkylation sites (tertiary alicyclic amines) is 1. The van der Waals surface area contributed by atoms with Crippen LogP contribution in [0.2, 0.25) is 0 Å². The zero-order valence-electron chi connectivity index (χ0n) is 17.1. The van der Waals surface area contributed by atoms with E-state index < -0.39 is 0 Å². The Hall–Kier alpha value is -2.92. The van der Waals surface area contributed by atoms with Gasteiger partial charge in [-0.2, -0.15) is 0 Å². The number of aromatic nitrogens is 3. The van der Waals surface area contributed by atoms with Gasteiger partial charge in [-0.3, -0.25) is 0 Å². The maximum Gasteiger partial charge on any atom is 0.113 e. The maximum atomic E-state index is 4.32. The van der Waals surface area contributed by atoms with E-state index in [1.807, 2.05) is 35.0 Å². The minimum atomic E-state index is 0.461. The smallest absolute Gasteiger partial charge is 0.113 e. The number of rotatable bonds is 9. The number of hydrogen-bond acceptors (Lipinski definition) is 4. The van der Waals surface area contributed by atoms with Gasteiger partial charge in [-0.25, -0.2) is 4.68 Å². The van der Waals surface area contributed by atoms with Crippen molar-refractivity contribution in [1.29, 1.82) is 0 Å². The van der Waals surface area contributed by atoms with Crippen molar-refractivity contribution < 1.29 is 0 Å². The molecule has 1 fully saturated rings. The summed E-state index contributed by atoms with van der Waals surface area (Å²) >= 11 is 0. The molecule has 29 heavy (non-hydrogen) atoms. The lowest BCUT2D eigenvalue weighted by Gasteiger charge is -2.50. The van der Waals surface area contributed by atoms with Crippen LogP contribution in [0.5, 0.6) is 0 Å². The van der Waals surface area contributed by atoms with Gasteiger partial charge in [0, 0.05) is 24.2 Å². The molecule has 2 unspecified atom stereocenters. The Morgan fingerprint density at radius 1 is 1.17 bits per heavy atom. The Morgan fingerprint density at radius 2 is 1.97 bits per heavy atom. The van der Waals surface area contributed by atoms with Crippen molar-refractivity contribution in [3.8, 4) is 5.69 Å². The first kappa shape index (κ1) is 19.4. The molecule has 0 radical (unpaired) electrons. The van der Waals surface area contributed by atoms with Gasteiger partial charge in [0.15, 0.2) is 0 Å². The van der Waals surface area contributed by atoms with Crippen molar-refractivity contribution >= 4 is 11.0 Å². The monoisotopic (exact) mass is 387 g/mol. The average molecular weight is 388 g/mol. The lowest BCUT2D eigenvalue weighted by atomic mass is 9.80. The first-order valence-electron chi connectivity index (χ1n) is 10.4. The average Bonchev–Trinajstić information content (AvgIpc) is 3.17. The molecule has 5 heteroatoms. The predicted octanol–water partition coefficient (Wildman–Crippen LogP) is 4.28. The van der Waals surface area contributed by atoms with Crippen LogP contribution < -0.4 is 5.32 Å². The quantitative estimate of drug-likeness (QED) is 0.440. The van der Waals surface area contributed by atoms with Gasteiger partial charge in [0.05, 0.1) is 11.2 Å². The summed E-state index contributed by atoms with van der Waals surface area (Å²) in [5, 5.41) is 12.1. The van der Waals surface area contributed by atoms with Crippen molar-refractivity contribution in [3.63, 3.8) is 0 Å². The minimum absolute atomic E-state index is 0.461. The molecule has 1 aliphatic heterocycles. The van der Waals surface area contributed by atoms with Crippen molar-refractivity contribution in [2.75, 3.05) is 19.6 Å². The highest BCUT2D eigenvalue weighted by Crippen LogP contribution is 2.38. The Morgan fingerprint density at radius 3 is 2.72 bits per heavy atom. The van der Waals surface area contributed by atoms with E-state index in [2.05, 4.69) is 64.9 Å². The van der Waals surface area contributed by atoms with Gasteiger partial charge in [0.1, 0.15) is 5.52 Å². The van der Waals surface area contributed by atoms with Gasteiger partial charge >= 0.3 is 0 Å². The van der Waals surface area contributed by atoms with E-state index in [0.29, 0.717) is 12.0 Å². The second-order valence-corrected chi connectivity index (χ2v) is 7.64. The van der Waals surface area contributed by atoms with E-state index in [1.165, 1.54) is 5.56 Å². The summed E-state index contributed by atoms with van der Waals surface area (Å²) in [5.74, 6) is 0.511. The van der Waals surface area contributed by atoms with Crippen LogP contribution >= 0.6 is 0 Å². The Balaban J connectivity index is 1.51. The molecule has 4 rings (SSSR count). The van der Waals surface area contributed by atoms with Crippen molar-refractivity contribution in [2.45, 2.75) is 31.7 Å². The third-order valence-electron chi connectivity index (χ3n) is 5.82. The molecule has 1 saturated heterocycles. The standard InChI is InChI=1S/C24H29N5/c1-4-15-25-16-14-23-21(17-28(23)18(3)5-2)19-10-12-20(13-11-19)29-24-9-7-6-8-22(24)26-27-29/h5-13,21,23,25H,2-4,14-17H2,1H3. The molecule has 0 aliphatic carbocycles. The van der Waals surface area contributed by atoms with Crippen molar-refractivity contribution in [1.82, 2.24) is 25.2 Å². The van der Waals surface area contributed by atoms with Crippen LogP contribution in [-0.2, 0) is 0 Å². The van der Waals surface area contributed by atoms with E-state index in [0.717, 1.165) is 54.9 Å². The number of para-hydroxylation sites is 1. The molecule has 1 aromatic heterocycles. The molecule has 1 N–H and O–H groups in total. The molecule has 150 valence electrons. The number of hydrogen-bond donors (Lipinski definition) is 1. The zero-order valence-corrected chi connectivity index (χ0v) is 17.1. The first-order chi connectivity index (χ1) is 14.2. The first-order valence-corrected chi connectivity index (χ1v) is 10.4. The number of allylic oxidation sites excluding steroid dienone is 1. The molecular formula is C24H29N5. The second kappa shape index (κ2) is 8.62. The third kappa shape index (κ3) is 3.83. The maximum absolute atomic E-state index is 4.32. The van der Waals surface area contributed by atoms with Crippen molar-refractivity contribution in [3.05, 3.63) is 79.0 Å². The number of nitrogens with one attached hydrogen (secondary N) is 1. The number of fused-ring (bicyclic) bond motifs is 1. The number of nitrogens with zero attached hydrogens (tertiary/aromatic N) is 4. The topological polar surface area (TPSA) is 46.0 Å². The molecule has 1 aliphatic rings. The Kier molecular flexibility index (Phi) is 5.76. The fraction of sp³-hybridized carbons (Fsp3) is 0.333. The van der Waals surface area contributed by atoms with Crippen LogP contribution in [0.25, 0.3) is 16.7 Å². The molecule has 2 aromatic carbocycles. The fourth-order valence-electron chi connectivity index (χ4n) is 4.15. The van der Waals surface area contributed by atoms with E-state index >= 15 is 0 Å². The summed E-state index contributed by atoms with van der Waals surface area (Å²) in [7, 11) is 0. The zero-order chi connectivity index (χ0) is 20.2. The summed E-state index contributed by atoms with van der Waals surface area (Å²) < 4.78 is 1.90. The van der Waals surface area contributed by atoms with Gasteiger partial charge in [-0.05, 0) is 61.8 Å². The summed E-state index contributed by atoms with van der Waals surface area (Å²) in [6.07, 6.45) is 4.13. The van der Waals surface area contributed by atoms with Crippen LogP contribution in [0, 0.1) is 0 Å². The Labute approximate surface area is 172 Å². The molecule has 0 spiro atoms. The van der Waals surface area contributed by atoms with Gasteiger partial charge < -0.3 is 10.2 Å². The second-order valence-electron chi connectivity index (χ2n) is 7.64. The van der Waals surface area contributed by atoms with Crippen LogP contribution in [0.3, 0.4) is 0 Å². The van der Waals surface area contributed by atoms with E-state index in [-0.39, 0.29) is 0 Å². The molecule has 3 aromatic rings. The van der Waals surface area contributed by atoms with Crippen molar-refractivity contribution in [2.24, 2.45) is 0 Å². The highest BCUT2D eigenvalue weighted by atomic mass is 15.4. The highest BCUT2D eigenvalue weighted by Gasteiger charge is 2.39. The van der Waals surface area contributed by atoms with E-state index in [9.17, 15) is 0 Å². The highest BCUT2D eigenvalue weighted by molar-refractivity contribution is 5.75. The van der Waals surface area contributed by atoms with Crippen LogP contribution in [0.4, 0.5) is 0 Å². The van der Waals surface area contributed by atoms with Crippen LogP contribution in [-0.4, -0.2) is 45.6 Å². The van der Waals surface area contributed by atoms with Gasteiger partial charge in [-0.15, -0.1) is 5.10 Å². The fourth-order valence-corrected chi connectivity index (χ4v) is 4.15. The largest absolute Gasteiger partial charge is 0.368 e. The molecule has 0 bridgehead atoms. The molecular weight excluding hydrogens is 358 g/mol. The van der Waals surface area contributed by atoms with Gasteiger partial charge in [0.2, 0.25) is 0 Å². The van der Waals surface area contributed by atoms with Gasteiger partial charge in [-0.1, -0.05) is 49.6 Å². The Bertz CT molecular complexity index is 988. The predicted molar refractivity (Wildman–Crippen MR) is 119 cm³/mol. The van der Waals surface area contributed by atoms with E-state index in [4.69, 9.17) is 0 Å². The van der Waals surface area contributed by atoms with Crippen LogP contribution in [0.1, 0.15) is 31.2 Å². The summed E-state index contributed by atoms with van der Waals surface area (Å²) in [4.78, 5) is 2.38. The summed E-state index contributed by atoms with van der Waals surface area (Å²) in [6, 6.07) is 17.3.